The first-order valence-electron chi connectivity index (χ1n) is 7.82. The Morgan fingerprint density at radius 2 is 1.10 bits per heavy atom. The van der Waals surface area contributed by atoms with E-state index in [2.05, 4.69) is 23.8 Å². The van der Waals surface area contributed by atoms with E-state index in [1.807, 2.05) is 0 Å². The molecular weight excluding hydrogens is 485 g/mol. The van der Waals surface area contributed by atoms with Crippen LogP contribution < -0.4 is 20.8 Å². The van der Waals surface area contributed by atoms with Crippen LogP contribution in [0.4, 0.5) is 0 Å². The van der Waals surface area contributed by atoms with Crippen LogP contribution in [0.3, 0.4) is 0 Å². The molecular formula is C16H24CaN2O6S4. The molecule has 0 rings (SSSR count). The van der Waals surface area contributed by atoms with E-state index in [0.717, 1.165) is 11.5 Å². The first-order chi connectivity index (χ1) is 13.1. The van der Waals surface area contributed by atoms with Gasteiger partial charge in [-0.05, 0) is 0 Å². The molecule has 0 heterocycles. The van der Waals surface area contributed by atoms with Crippen LogP contribution in [-0.2, 0) is 19.2 Å². The molecule has 0 aromatic rings. The summed E-state index contributed by atoms with van der Waals surface area (Å²) in [5, 5.41) is 25.7. The fraction of sp³-hybridized carbons (Fsp3) is 0.500. The molecule has 0 spiro atoms. The van der Waals surface area contributed by atoms with Crippen LogP contribution >= 0.6 is 43.2 Å². The Bertz CT molecular complexity index is 494. The molecule has 0 aromatic heterocycles. The predicted molar refractivity (Wildman–Crippen MR) is 121 cm³/mol. The van der Waals surface area contributed by atoms with Crippen LogP contribution in [-0.4, -0.2) is 96.6 Å². The van der Waals surface area contributed by atoms with E-state index in [4.69, 9.17) is 0 Å². The van der Waals surface area contributed by atoms with Crippen molar-refractivity contribution in [1.82, 2.24) is 10.6 Å². The van der Waals surface area contributed by atoms with Crippen molar-refractivity contribution in [2.24, 2.45) is 0 Å². The second-order valence-corrected chi connectivity index (χ2v) is 9.96. The average molecular weight is 509 g/mol. The summed E-state index contributed by atoms with van der Waals surface area (Å²) in [5.41, 5.74) is 0. The summed E-state index contributed by atoms with van der Waals surface area (Å²) in [6.07, 6.45) is 3.45. The van der Waals surface area contributed by atoms with Crippen LogP contribution in [0.2, 0.25) is 0 Å². The zero-order valence-electron chi connectivity index (χ0n) is 16.3. The fourth-order valence-electron chi connectivity index (χ4n) is 1.25. The van der Waals surface area contributed by atoms with Gasteiger partial charge in [0, 0.05) is 36.9 Å². The van der Waals surface area contributed by atoms with Crippen LogP contribution in [0, 0.1) is 0 Å². The number of rotatable bonds is 14. The molecule has 2 atom stereocenters. The maximum absolute atomic E-state index is 10.6. The molecule has 0 saturated carbocycles. The second kappa shape index (κ2) is 22.7. The van der Waals surface area contributed by atoms with Gasteiger partial charge in [-0.25, -0.2) is 0 Å². The molecule has 0 unspecified atom stereocenters. The van der Waals surface area contributed by atoms with Gasteiger partial charge in [-0.2, -0.15) is 0 Å². The summed E-state index contributed by atoms with van der Waals surface area (Å²) in [6, 6.07) is -1.84. The maximum atomic E-state index is 10.6. The average Bonchev–Trinajstić information content (AvgIpc) is 2.60. The van der Waals surface area contributed by atoms with Crippen LogP contribution in [0.25, 0.3) is 0 Å². The fourth-order valence-corrected chi connectivity index (χ4v) is 5.09. The third-order valence-electron chi connectivity index (χ3n) is 2.33. The van der Waals surface area contributed by atoms with Gasteiger partial charge in [0.25, 0.3) is 0 Å². The number of hydrogen-bond donors (Lipinski definition) is 2. The Labute approximate surface area is 217 Å². The number of aliphatic carboxylic acids is 2. The van der Waals surface area contributed by atoms with Crippen LogP contribution in [0.15, 0.2) is 25.3 Å². The summed E-state index contributed by atoms with van der Waals surface area (Å²) < 4.78 is 0. The molecule has 0 aliphatic carbocycles. The normalized spacial score (nSPS) is 11.4. The molecule has 0 fully saturated rings. The van der Waals surface area contributed by atoms with Gasteiger partial charge in [-0.3, -0.25) is 9.59 Å². The van der Waals surface area contributed by atoms with E-state index in [9.17, 15) is 29.4 Å². The third-order valence-corrected chi connectivity index (χ3v) is 6.98. The standard InChI is InChI=1S/2C8H13NO3S2.Ca/c2*1-3-4-13-14-5-7(8(11)12)9-6(2)10;/h2*3,7H,1,4-5H2,2H3,(H,9,10)(H,11,12);/q;;+2/p-2/t2*7-;/m00./s1. The smallest absolute Gasteiger partial charge is 0.548 e. The molecule has 0 saturated heterocycles. The minimum Gasteiger partial charge on any atom is -0.548 e. The summed E-state index contributed by atoms with van der Waals surface area (Å²) >= 11 is 0. The molecule has 0 aliphatic heterocycles. The Hall–Kier alpha value is 0.0197. The van der Waals surface area contributed by atoms with Gasteiger partial charge in [0.1, 0.15) is 0 Å². The number of carboxylic acid groups (broad SMARTS) is 2. The molecule has 2 N–H and O–H groups in total. The van der Waals surface area contributed by atoms with Crippen LogP contribution in [0.1, 0.15) is 13.8 Å². The van der Waals surface area contributed by atoms with Crippen LogP contribution in [0.5, 0.6) is 0 Å². The molecule has 0 radical (unpaired) electrons. The number of carboxylic acids is 2. The summed E-state index contributed by atoms with van der Waals surface area (Å²) in [7, 11) is 5.70. The number of amides is 2. The monoisotopic (exact) mass is 508 g/mol. The Kier molecular flexibility index (Phi) is 26.3. The van der Waals surface area contributed by atoms with Gasteiger partial charge in [0.2, 0.25) is 11.8 Å². The molecule has 0 bridgehead atoms. The van der Waals surface area contributed by atoms with Crippen molar-refractivity contribution in [3.8, 4) is 0 Å². The molecule has 0 aromatic carbocycles. The Morgan fingerprint density at radius 3 is 1.31 bits per heavy atom. The van der Waals surface area contributed by atoms with Crippen molar-refractivity contribution in [1.29, 1.82) is 0 Å². The van der Waals surface area contributed by atoms with E-state index >= 15 is 0 Å². The topological polar surface area (TPSA) is 138 Å². The van der Waals surface area contributed by atoms with E-state index in [1.54, 1.807) is 12.2 Å². The minimum absolute atomic E-state index is 0. The quantitative estimate of drug-likeness (QED) is 0.133. The first-order valence-corrected chi connectivity index (χ1v) is 12.8. The van der Waals surface area contributed by atoms with Crippen molar-refractivity contribution in [2.45, 2.75) is 25.9 Å². The van der Waals surface area contributed by atoms with E-state index in [-0.39, 0.29) is 49.6 Å². The summed E-state index contributed by atoms with van der Waals surface area (Å²) in [5.74, 6) is -1.18. The van der Waals surface area contributed by atoms with Crippen molar-refractivity contribution >= 4 is 105 Å². The van der Waals surface area contributed by atoms with Gasteiger partial charge in [0.15, 0.2) is 0 Å². The Balaban J connectivity index is -0.000000451. The molecule has 8 nitrogen and oxygen atoms in total. The molecule has 13 heteroatoms. The van der Waals surface area contributed by atoms with E-state index in [0.29, 0.717) is 11.5 Å². The Morgan fingerprint density at radius 1 is 0.793 bits per heavy atom. The zero-order chi connectivity index (χ0) is 21.9. The number of carbonyl (C=O) groups is 4. The van der Waals surface area contributed by atoms with Crippen molar-refractivity contribution in [2.75, 3.05) is 23.0 Å². The van der Waals surface area contributed by atoms with Gasteiger partial charge in [0.05, 0.1) is 24.0 Å². The number of hydrogen-bond acceptors (Lipinski definition) is 10. The van der Waals surface area contributed by atoms with E-state index in [1.165, 1.54) is 57.0 Å². The molecule has 160 valence electrons. The van der Waals surface area contributed by atoms with Gasteiger partial charge >= 0.3 is 37.7 Å². The predicted octanol–water partition coefficient (Wildman–Crippen LogP) is -0.764. The first kappa shape index (κ1) is 33.7. The second-order valence-electron chi connectivity index (χ2n) is 4.86. The van der Waals surface area contributed by atoms with Crippen molar-refractivity contribution < 1.29 is 29.4 Å². The summed E-state index contributed by atoms with van der Waals surface area (Å²) in [4.78, 5) is 42.3. The molecule has 0 aliphatic rings. The van der Waals surface area contributed by atoms with Gasteiger partial charge in [-0.15, -0.1) is 13.2 Å². The molecule has 29 heavy (non-hydrogen) atoms. The maximum Gasteiger partial charge on any atom is 2.00 e. The van der Waals surface area contributed by atoms with Crippen molar-refractivity contribution in [3.05, 3.63) is 25.3 Å². The third kappa shape index (κ3) is 24.2. The van der Waals surface area contributed by atoms with E-state index < -0.39 is 24.0 Å². The van der Waals surface area contributed by atoms with Crippen molar-refractivity contribution in [3.63, 3.8) is 0 Å². The summed E-state index contributed by atoms with van der Waals surface area (Å²) in [6.45, 7) is 9.61. The number of nitrogens with one attached hydrogen (secondary N) is 2. The zero-order valence-corrected chi connectivity index (χ0v) is 21.8. The van der Waals surface area contributed by atoms with Gasteiger partial charge < -0.3 is 30.4 Å². The largest absolute Gasteiger partial charge is 2.00 e. The minimum atomic E-state index is -1.26. The molecule has 2 amide bonds. The SMILES string of the molecule is C=CCSSC[C@H](NC(C)=O)C(=O)[O-].C=CCSSC[C@H](NC(C)=O)C(=O)[O-].[Ca+2]. The number of carbonyl (C=O) groups excluding carboxylic acids is 4. The van der Waals surface area contributed by atoms with Gasteiger partial charge in [-0.1, -0.05) is 55.3 Å².